The van der Waals surface area contributed by atoms with Gasteiger partial charge in [-0.25, -0.2) is 26.4 Å². The van der Waals surface area contributed by atoms with E-state index in [1.807, 2.05) is 0 Å². The second-order valence-corrected chi connectivity index (χ2v) is 9.52. The van der Waals surface area contributed by atoms with Gasteiger partial charge in [-0.1, -0.05) is 11.6 Å². The lowest BCUT2D eigenvalue weighted by molar-refractivity contribution is 0.583. The Hall–Kier alpha value is -1.68. The molecule has 0 aromatic heterocycles. The first-order chi connectivity index (χ1) is 11.5. The Bertz CT molecular complexity index is 1070. The van der Waals surface area contributed by atoms with Crippen LogP contribution in [0.4, 0.5) is 10.1 Å². The molecule has 2 aromatic rings. The predicted octanol–water partition coefficient (Wildman–Crippen LogP) is 2.27. The number of primary sulfonamides is 1. The maximum absolute atomic E-state index is 13.2. The Morgan fingerprint density at radius 3 is 2.44 bits per heavy atom. The molecule has 0 radical (unpaired) electrons. The number of benzene rings is 2. The Morgan fingerprint density at radius 1 is 1.16 bits per heavy atom. The van der Waals surface area contributed by atoms with Crippen LogP contribution < -0.4 is 9.44 Å². The Labute approximate surface area is 150 Å². The number of sulfonamides is 2. The average Bonchev–Trinajstić information content (AvgIpc) is 2.81. The summed E-state index contributed by atoms with van der Waals surface area (Å²) in [5.41, 5.74) is 0.890. The number of hydrogen-bond acceptors (Lipinski definition) is 4. The number of nitrogens with two attached hydrogens (primary N) is 1. The first-order valence-electron chi connectivity index (χ1n) is 7.17. The zero-order valence-corrected chi connectivity index (χ0v) is 15.4. The van der Waals surface area contributed by atoms with E-state index >= 15 is 0 Å². The van der Waals surface area contributed by atoms with Gasteiger partial charge in [-0.15, -0.1) is 0 Å². The standard InChI is InChI=1S/C15H14ClFN2O4S2/c1-9-6-10-7-12(24(18,20)21)3-4-14(10)19(9)25(22,23)15-5-2-11(17)8-13(15)16/h2-5,7-9H,6H2,1H3,(H2,18,20,21). The van der Waals surface area contributed by atoms with Crippen molar-refractivity contribution in [2.45, 2.75) is 29.2 Å². The van der Waals surface area contributed by atoms with Gasteiger partial charge in [0.05, 0.1) is 15.6 Å². The normalized spacial score (nSPS) is 17.6. The van der Waals surface area contributed by atoms with E-state index < -0.39 is 31.9 Å². The molecule has 1 aliphatic heterocycles. The van der Waals surface area contributed by atoms with Gasteiger partial charge in [-0.3, -0.25) is 4.31 Å². The van der Waals surface area contributed by atoms with Crippen LogP contribution >= 0.6 is 11.6 Å². The number of halogens is 2. The molecule has 6 nitrogen and oxygen atoms in total. The lowest BCUT2D eigenvalue weighted by Gasteiger charge is -2.25. The van der Waals surface area contributed by atoms with Crippen molar-refractivity contribution < 1.29 is 21.2 Å². The van der Waals surface area contributed by atoms with Gasteiger partial charge in [0.2, 0.25) is 10.0 Å². The van der Waals surface area contributed by atoms with Crippen molar-refractivity contribution in [3.05, 3.63) is 52.8 Å². The van der Waals surface area contributed by atoms with Crippen LogP contribution in [0.1, 0.15) is 12.5 Å². The summed E-state index contributed by atoms with van der Waals surface area (Å²) < 4.78 is 63.3. The van der Waals surface area contributed by atoms with Gasteiger partial charge in [-0.2, -0.15) is 0 Å². The number of fused-ring (bicyclic) bond motifs is 1. The fourth-order valence-electron chi connectivity index (χ4n) is 2.91. The first-order valence-corrected chi connectivity index (χ1v) is 10.5. The molecule has 0 saturated heterocycles. The maximum atomic E-state index is 13.2. The van der Waals surface area contributed by atoms with Gasteiger partial charge in [0.1, 0.15) is 10.7 Å². The fraction of sp³-hybridized carbons (Fsp3) is 0.200. The molecule has 0 aliphatic carbocycles. The van der Waals surface area contributed by atoms with E-state index in [0.717, 1.165) is 22.5 Å². The smallest absolute Gasteiger partial charge is 0.263 e. The van der Waals surface area contributed by atoms with Crippen LogP contribution in [0.2, 0.25) is 5.02 Å². The number of nitrogens with zero attached hydrogens (tertiary/aromatic N) is 1. The molecular weight excluding hydrogens is 391 g/mol. The SMILES string of the molecule is CC1Cc2cc(S(N)(=O)=O)ccc2N1S(=O)(=O)c1ccc(F)cc1Cl. The summed E-state index contributed by atoms with van der Waals surface area (Å²) in [6.07, 6.45) is 0.316. The quantitative estimate of drug-likeness (QED) is 0.848. The molecule has 2 N–H and O–H groups in total. The summed E-state index contributed by atoms with van der Waals surface area (Å²) in [6.45, 7) is 1.69. The highest BCUT2D eigenvalue weighted by Crippen LogP contribution is 2.39. The summed E-state index contributed by atoms with van der Waals surface area (Å²) in [5, 5.41) is 4.90. The zero-order valence-electron chi connectivity index (χ0n) is 13.0. The van der Waals surface area contributed by atoms with Crippen LogP contribution in [-0.2, 0) is 26.5 Å². The van der Waals surface area contributed by atoms with E-state index in [-0.39, 0.29) is 14.8 Å². The van der Waals surface area contributed by atoms with Crippen molar-refractivity contribution in [2.75, 3.05) is 4.31 Å². The molecule has 0 saturated carbocycles. The van der Waals surface area contributed by atoms with Gasteiger partial charge < -0.3 is 0 Å². The van der Waals surface area contributed by atoms with Crippen molar-refractivity contribution >= 4 is 37.3 Å². The Morgan fingerprint density at radius 2 is 1.84 bits per heavy atom. The highest BCUT2D eigenvalue weighted by molar-refractivity contribution is 7.93. The average molecular weight is 405 g/mol. The maximum Gasteiger partial charge on any atom is 0.266 e. The second-order valence-electron chi connectivity index (χ2n) is 5.76. The Balaban J connectivity index is 2.13. The summed E-state index contributed by atoms with van der Waals surface area (Å²) in [5.74, 6) is -0.642. The van der Waals surface area contributed by atoms with Gasteiger partial charge in [0.15, 0.2) is 0 Å². The predicted molar refractivity (Wildman–Crippen MR) is 92.1 cm³/mol. The molecule has 0 fully saturated rings. The largest absolute Gasteiger partial charge is 0.266 e. The lowest BCUT2D eigenvalue weighted by atomic mass is 10.1. The Kier molecular flexibility index (Phi) is 4.31. The summed E-state index contributed by atoms with van der Waals surface area (Å²) in [7, 11) is -7.93. The molecule has 0 amide bonds. The summed E-state index contributed by atoms with van der Waals surface area (Å²) in [4.78, 5) is -0.302. The van der Waals surface area contributed by atoms with Gasteiger partial charge in [0, 0.05) is 6.04 Å². The van der Waals surface area contributed by atoms with Crippen molar-refractivity contribution in [1.82, 2.24) is 0 Å². The molecule has 134 valence electrons. The highest BCUT2D eigenvalue weighted by atomic mass is 35.5. The molecule has 1 atom stereocenters. The molecule has 25 heavy (non-hydrogen) atoms. The lowest BCUT2D eigenvalue weighted by Crippen LogP contribution is -2.35. The first kappa shape index (κ1) is 18.1. The molecule has 0 spiro atoms. The molecular formula is C15H14ClFN2O4S2. The molecule has 0 bridgehead atoms. The number of anilines is 1. The molecule has 10 heteroatoms. The van der Waals surface area contributed by atoms with Gasteiger partial charge in [-0.05, 0) is 55.3 Å². The van der Waals surface area contributed by atoms with E-state index in [1.54, 1.807) is 6.92 Å². The topological polar surface area (TPSA) is 97.5 Å². The summed E-state index contributed by atoms with van der Waals surface area (Å²) in [6, 6.07) is 6.61. The molecule has 3 rings (SSSR count). The van der Waals surface area contributed by atoms with E-state index in [2.05, 4.69) is 0 Å². The second kappa shape index (κ2) is 5.94. The molecule has 1 unspecified atom stereocenters. The third-order valence-electron chi connectivity index (χ3n) is 3.96. The third-order valence-corrected chi connectivity index (χ3v) is 7.29. The van der Waals surface area contributed by atoms with Crippen molar-refractivity contribution in [3.8, 4) is 0 Å². The number of hydrogen-bond donors (Lipinski definition) is 1. The van der Waals surface area contributed by atoms with E-state index in [1.165, 1.54) is 18.2 Å². The number of rotatable bonds is 3. The van der Waals surface area contributed by atoms with Crippen molar-refractivity contribution in [2.24, 2.45) is 5.14 Å². The van der Waals surface area contributed by atoms with Gasteiger partial charge in [0.25, 0.3) is 10.0 Å². The third kappa shape index (κ3) is 3.12. The zero-order chi connectivity index (χ0) is 18.6. The van der Waals surface area contributed by atoms with Crippen LogP contribution in [0.3, 0.4) is 0 Å². The minimum Gasteiger partial charge on any atom is -0.263 e. The van der Waals surface area contributed by atoms with E-state index in [4.69, 9.17) is 16.7 Å². The summed E-state index contributed by atoms with van der Waals surface area (Å²) >= 11 is 5.91. The van der Waals surface area contributed by atoms with Crippen molar-refractivity contribution in [3.63, 3.8) is 0 Å². The van der Waals surface area contributed by atoms with Crippen LogP contribution in [0.15, 0.2) is 46.2 Å². The van der Waals surface area contributed by atoms with Crippen LogP contribution in [-0.4, -0.2) is 22.9 Å². The minimum absolute atomic E-state index is 0.0856. The minimum atomic E-state index is -4.04. The molecule has 2 aromatic carbocycles. The van der Waals surface area contributed by atoms with Crippen LogP contribution in [0.5, 0.6) is 0 Å². The van der Waals surface area contributed by atoms with Crippen LogP contribution in [0, 0.1) is 5.82 Å². The van der Waals surface area contributed by atoms with Crippen molar-refractivity contribution in [1.29, 1.82) is 0 Å². The van der Waals surface area contributed by atoms with E-state index in [9.17, 15) is 21.2 Å². The van der Waals surface area contributed by atoms with Crippen LogP contribution in [0.25, 0.3) is 0 Å². The highest BCUT2D eigenvalue weighted by Gasteiger charge is 2.37. The molecule has 1 aliphatic rings. The van der Waals surface area contributed by atoms with Gasteiger partial charge >= 0.3 is 0 Å². The fourth-order valence-corrected chi connectivity index (χ4v) is 5.68. The monoisotopic (exact) mass is 404 g/mol. The van der Waals surface area contributed by atoms with E-state index in [0.29, 0.717) is 17.7 Å². The molecule has 1 heterocycles.